The molecule has 1 aromatic carbocycles. The molecule has 7 atom stereocenters. The summed E-state index contributed by atoms with van der Waals surface area (Å²) in [7, 11) is 2.84. The number of carbonyl (C=O) groups is 9. The summed E-state index contributed by atoms with van der Waals surface area (Å²) < 4.78 is 22.1. The molecule has 342 valence electrons. The van der Waals surface area contributed by atoms with Crippen LogP contribution in [0.2, 0.25) is 0 Å². The Morgan fingerprint density at radius 2 is 1.75 bits per heavy atom. The molecule has 0 aromatic heterocycles. The summed E-state index contributed by atoms with van der Waals surface area (Å²) >= 11 is 0. The summed E-state index contributed by atoms with van der Waals surface area (Å²) in [4.78, 5) is 118. The number of nitrogens with one attached hydrogen (secondary N) is 2. The minimum atomic E-state index is -1.18. The maximum Gasteiger partial charge on any atom is 0.405 e. The van der Waals surface area contributed by atoms with Gasteiger partial charge in [0.05, 0.1) is 35.5 Å². The fourth-order valence-corrected chi connectivity index (χ4v) is 8.26. The lowest BCUT2D eigenvalue weighted by Crippen LogP contribution is -2.54. The molecule has 0 unspecified atom stereocenters. The number of esters is 1. The highest BCUT2D eigenvalue weighted by Crippen LogP contribution is 2.32. The van der Waals surface area contributed by atoms with Gasteiger partial charge in [-0.3, -0.25) is 48.6 Å². The first-order valence-electron chi connectivity index (χ1n) is 20.9. The van der Waals surface area contributed by atoms with Gasteiger partial charge in [-0.25, -0.2) is 4.79 Å². The molecule has 2 bridgehead atoms. The molecular formula is C46H54N4O14. The SMILES string of the molecule is CO[C@H]1/C=C\C=C(/C)C(=O)CC2=CC(=O)C(NCCOC(=O)Cc3cccc4c3C(=O)N([C@H]3CCC(=O)NC3=O)C4=O)=C(C[C@@H](C)C[C@H](OC)[C@@H](O)[C@@H](C)/C=C(\C)[C@@H]1OC(N)=O)C2=O. The highest BCUT2D eigenvalue weighted by Gasteiger charge is 2.45. The van der Waals surface area contributed by atoms with Gasteiger partial charge in [0.15, 0.2) is 17.7 Å². The summed E-state index contributed by atoms with van der Waals surface area (Å²) in [6.07, 6.45) is 2.15. The average Bonchev–Trinajstić information content (AvgIpc) is 3.50. The fraction of sp³-hybridized carbons (Fsp3) is 0.457. The number of ether oxygens (including phenoxy) is 4. The highest BCUT2D eigenvalue weighted by atomic mass is 16.6. The molecule has 64 heavy (non-hydrogen) atoms. The number of piperidine rings is 1. The average molecular weight is 887 g/mol. The molecule has 0 spiro atoms. The maximum atomic E-state index is 14.1. The fourth-order valence-electron chi connectivity index (χ4n) is 8.26. The van der Waals surface area contributed by atoms with Crippen molar-refractivity contribution in [3.8, 4) is 0 Å². The lowest BCUT2D eigenvalue weighted by Gasteiger charge is -2.30. The van der Waals surface area contributed by atoms with Gasteiger partial charge in [-0.1, -0.05) is 50.3 Å². The Morgan fingerprint density at radius 1 is 1.02 bits per heavy atom. The van der Waals surface area contributed by atoms with Crippen molar-refractivity contribution in [2.75, 3.05) is 27.4 Å². The Bertz CT molecular complexity index is 2270. The quantitative estimate of drug-likeness (QED) is 0.0865. The second-order valence-electron chi connectivity index (χ2n) is 16.3. The normalized spacial score (nSPS) is 28.4. The lowest BCUT2D eigenvalue weighted by molar-refractivity contribution is -0.142. The molecule has 18 heteroatoms. The van der Waals surface area contributed by atoms with Crippen LogP contribution in [0, 0.1) is 11.8 Å². The van der Waals surface area contributed by atoms with Gasteiger partial charge < -0.3 is 35.1 Å². The van der Waals surface area contributed by atoms with Crippen molar-refractivity contribution in [2.24, 2.45) is 17.6 Å². The van der Waals surface area contributed by atoms with E-state index >= 15 is 0 Å². The van der Waals surface area contributed by atoms with Crippen molar-refractivity contribution in [1.29, 1.82) is 0 Å². The summed E-state index contributed by atoms with van der Waals surface area (Å²) in [5.74, 6) is -5.97. The number of imide groups is 2. The van der Waals surface area contributed by atoms with Crippen LogP contribution in [0.3, 0.4) is 0 Å². The molecule has 1 saturated heterocycles. The van der Waals surface area contributed by atoms with Crippen molar-refractivity contribution in [1.82, 2.24) is 15.5 Å². The highest BCUT2D eigenvalue weighted by molar-refractivity contribution is 6.25. The van der Waals surface area contributed by atoms with Crippen LogP contribution in [0.5, 0.6) is 0 Å². The standard InChI is InChI=1S/C46H54N4O14/c1-23-17-30-39(48-15-16-63-37(54)22-27-10-8-11-29-38(27)45(59)50(44(29)58)31-13-14-36(53)49-43(31)57)33(52)21-28(41(30)56)20-32(51)24(2)9-7-12-34(61-5)42(64-46(47)60)26(4)19-25(3)40(55)35(18-23)62-6/h7-12,19,21,23,25,31,34-35,40,42,48,55H,13-18,20,22H2,1-6H3,(H2,47,60)(H,49,53,57)/b12-7-,24-9+,26-19+/t23-,25+,31+,34+,35+,40+,42+/m1/s1. The van der Waals surface area contributed by atoms with Gasteiger partial charge in [-0.15, -0.1) is 0 Å². The summed E-state index contributed by atoms with van der Waals surface area (Å²) in [5.41, 5.74) is 6.37. The van der Waals surface area contributed by atoms with E-state index in [1.54, 1.807) is 32.9 Å². The molecule has 0 saturated carbocycles. The summed E-state index contributed by atoms with van der Waals surface area (Å²) in [6, 6.07) is 3.21. The predicted octanol–water partition coefficient (Wildman–Crippen LogP) is 2.42. The third kappa shape index (κ3) is 11.2. The Kier molecular flexibility index (Phi) is 16.2. The Morgan fingerprint density at radius 3 is 2.42 bits per heavy atom. The molecule has 5 amide bonds. The zero-order valence-electron chi connectivity index (χ0n) is 36.6. The summed E-state index contributed by atoms with van der Waals surface area (Å²) in [5, 5.41) is 16.5. The number of benzene rings is 1. The number of allylic oxidation sites excluding steroid dienone is 6. The molecule has 4 aliphatic rings. The Hall–Kier alpha value is -6.37. The van der Waals surface area contributed by atoms with Crippen molar-refractivity contribution >= 4 is 53.0 Å². The number of nitrogens with zero attached hydrogens (tertiary/aromatic N) is 1. The number of methoxy groups -OCH3 is 2. The molecule has 2 aliphatic carbocycles. The third-order valence-corrected chi connectivity index (χ3v) is 11.6. The number of amides is 5. The van der Waals surface area contributed by atoms with E-state index in [1.807, 2.05) is 6.92 Å². The molecule has 0 radical (unpaired) electrons. The Balaban J connectivity index is 1.33. The number of fused-ring (bicyclic) bond motifs is 3. The van der Waals surface area contributed by atoms with Crippen LogP contribution in [-0.4, -0.2) is 121 Å². The molecule has 18 nitrogen and oxygen atoms in total. The van der Waals surface area contributed by atoms with E-state index in [1.165, 1.54) is 44.6 Å². The van der Waals surface area contributed by atoms with E-state index in [2.05, 4.69) is 10.6 Å². The number of aliphatic hydroxyl groups excluding tert-OH is 1. The molecular weight excluding hydrogens is 833 g/mol. The van der Waals surface area contributed by atoms with E-state index in [-0.39, 0.29) is 90.3 Å². The van der Waals surface area contributed by atoms with Crippen LogP contribution in [0.1, 0.15) is 86.1 Å². The topological polar surface area (TPSA) is 264 Å². The van der Waals surface area contributed by atoms with E-state index in [0.29, 0.717) is 5.57 Å². The van der Waals surface area contributed by atoms with Crippen LogP contribution in [0.4, 0.5) is 4.79 Å². The molecule has 5 N–H and O–H groups in total. The minimum Gasteiger partial charge on any atom is -0.464 e. The van der Waals surface area contributed by atoms with Gasteiger partial charge in [0.2, 0.25) is 17.6 Å². The van der Waals surface area contributed by atoms with Gasteiger partial charge in [0.25, 0.3) is 11.8 Å². The van der Waals surface area contributed by atoms with Crippen molar-refractivity contribution < 1.29 is 67.2 Å². The van der Waals surface area contributed by atoms with E-state index in [9.17, 15) is 48.3 Å². The van der Waals surface area contributed by atoms with Gasteiger partial charge in [-0.05, 0) is 67.9 Å². The van der Waals surface area contributed by atoms with E-state index < -0.39 is 95.8 Å². The van der Waals surface area contributed by atoms with Gasteiger partial charge >= 0.3 is 12.1 Å². The second kappa shape index (κ2) is 21.3. The zero-order chi connectivity index (χ0) is 47.0. The predicted molar refractivity (Wildman–Crippen MR) is 227 cm³/mol. The first-order chi connectivity index (χ1) is 30.4. The third-order valence-electron chi connectivity index (χ3n) is 11.6. The van der Waals surface area contributed by atoms with E-state index in [4.69, 9.17) is 24.7 Å². The van der Waals surface area contributed by atoms with Gasteiger partial charge in [0, 0.05) is 50.7 Å². The first-order valence-corrected chi connectivity index (χ1v) is 20.9. The van der Waals surface area contributed by atoms with Crippen molar-refractivity contribution in [3.05, 3.63) is 93.3 Å². The largest absolute Gasteiger partial charge is 0.464 e. The van der Waals surface area contributed by atoms with Crippen LogP contribution < -0.4 is 16.4 Å². The maximum absolute atomic E-state index is 14.1. The molecule has 5 rings (SSSR count). The minimum absolute atomic E-state index is 0.0101. The smallest absolute Gasteiger partial charge is 0.405 e. The first kappa shape index (κ1) is 48.7. The number of hydrogen-bond donors (Lipinski definition) is 4. The number of ketones is 3. The molecule has 2 heterocycles. The monoisotopic (exact) mass is 886 g/mol. The van der Waals surface area contributed by atoms with E-state index in [0.717, 1.165) is 11.0 Å². The number of rotatable bonds is 10. The van der Waals surface area contributed by atoms with Crippen molar-refractivity contribution in [2.45, 2.75) is 96.7 Å². The van der Waals surface area contributed by atoms with Crippen LogP contribution in [-0.2, 0) is 54.1 Å². The van der Waals surface area contributed by atoms with Crippen molar-refractivity contribution in [3.63, 3.8) is 0 Å². The number of aliphatic hydroxyl groups is 1. The number of primary amides is 1. The Labute approximate surface area is 369 Å². The van der Waals surface area contributed by atoms with Gasteiger partial charge in [0.1, 0.15) is 18.8 Å². The molecule has 1 fully saturated rings. The number of hydrogen-bond acceptors (Lipinski definition) is 15. The second-order valence-corrected chi connectivity index (χ2v) is 16.3. The number of Topliss-reactive ketones (excluding diaryl/α,β-unsaturated/α-hetero) is 2. The number of nitrogens with two attached hydrogens (primary N) is 1. The molecule has 2 aliphatic heterocycles. The lowest BCUT2D eigenvalue weighted by atomic mass is 9.82. The summed E-state index contributed by atoms with van der Waals surface area (Å²) in [6.45, 7) is 6.44. The van der Waals surface area contributed by atoms with Crippen LogP contribution in [0.15, 0.2) is 76.6 Å². The van der Waals surface area contributed by atoms with Gasteiger partial charge in [-0.2, -0.15) is 0 Å². The molecule has 1 aromatic rings. The number of carbonyl (C=O) groups excluding carboxylic acids is 9. The van der Waals surface area contributed by atoms with Crippen LogP contribution >= 0.6 is 0 Å². The zero-order valence-corrected chi connectivity index (χ0v) is 36.6. The van der Waals surface area contributed by atoms with Crippen LogP contribution in [0.25, 0.3) is 0 Å².